The molecular weight excluding hydrogens is 260 g/mol. The predicted octanol–water partition coefficient (Wildman–Crippen LogP) is 1.86. The Labute approximate surface area is 118 Å². The molecule has 0 bridgehead atoms. The molecule has 1 aromatic heterocycles. The maximum Gasteiger partial charge on any atom is 0.333 e. The number of hydrogen-bond donors (Lipinski definition) is 1. The largest absolute Gasteiger partial charge is 0.396 e. The number of aromatic nitrogens is 2. The van der Waals surface area contributed by atoms with Gasteiger partial charge in [0.15, 0.2) is 0 Å². The second-order valence-electron chi connectivity index (χ2n) is 5.19. The molecule has 20 heavy (non-hydrogen) atoms. The fourth-order valence-corrected chi connectivity index (χ4v) is 3.02. The summed E-state index contributed by atoms with van der Waals surface area (Å²) in [5.41, 5.74) is 0.599. The van der Waals surface area contributed by atoms with E-state index >= 15 is 0 Å². The number of aliphatic hydroxyl groups is 1. The second kappa shape index (κ2) is 6.21. The highest BCUT2D eigenvalue weighted by Gasteiger charge is 2.34. The molecule has 7 heteroatoms. The first-order valence-corrected chi connectivity index (χ1v) is 7.19. The van der Waals surface area contributed by atoms with Gasteiger partial charge >= 0.3 is 5.69 Å². The van der Waals surface area contributed by atoms with Gasteiger partial charge in [-0.1, -0.05) is 0 Å². The van der Waals surface area contributed by atoms with Gasteiger partial charge in [-0.3, -0.25) is 10.1 Å². The number of nitro groups is 1. The normalized spacial score (nSPS) is 18.8. The highest BCUT2D eigenvalue weighted by atomic mass is 16.6. The van der Waals surface area contributed by atoms with Crippen molar-refractivity contribution in [2.75, 3.05) is 18.1 Å². The van der Waals surface area contributed by atoms with Crippen molar-refractivity contribution in [2.24, 2.45) is 0 Å². The van der Waals surface area contributed by atoms with Crippen LogP contribution in [0.2, 0.25) is 0 Å². The fourth-order valence-electron chi connectivity index (χ4n) is 3.02. The molecule has 1 unspecified atom stereocenters. The molecule has 0 aliphatic carbocycles. The summed E-state index contributed by atoms with van der Waals surface area (Å²) in [5.74, 6) is 0.635. The molecule has 1 fully saturated rings. The standard InChI is InChI=1S/C13H22N4O3/c1-3-16-13(12(17(19)20)10(2)14-16)15-8-4-6-11(15)7-5-9-18/h11,18H,3-9H2,1-2H3. The summed E-state index contributed by atoms with van der Waals surface area (Å²) in [6.07, 6.45) is 3.64. The molecule has 1 aromatic rings. The summed E-state index contributed by atoms with van der Waals surface area (Å²) in [4.78, 5) is 13.1. The van der Waals surface area contributed by atoms with E-state index in [2.05, 4.69) is 10.00 Å². The summed E-state index contributed by atoms with van der Waals surface area (Å²) < 4.78 is 1.73. The summed E-state index contributed by atoms with van der Waals surface area (Å²) in [7, 11) is 0. The quantitative estimate of drug-likeness (QED) is 0.636. The lowest BCUT2D eigenvalue weighted by Gasteiger charge is -2.26. The molecule has 0 aromatic carbocycles. The number of hydrogen-bond acceptors (Lipinski definition) is 5. The Morgan fingerprint density at radius 2 is 2.30 bits per heavy atom. The van der Waals surface area contributed by atoms with Crippen molar-refractivity contribution < 1.29 is 10.0 Å². The van der Waals surface area contributed by atoms with E-state index in [0.717, 1.165) is 32.2 Å². The van der Waals surface area contributed by atoms with Crippen LogP contribution in [0.1, 0.15) is 38.3 Å². The fraction of sp³-hybridized carbons (Fsp3) is 0.769. The van der Waals surface area contributed by atoms with Gasteiger partial charge in [-0.2, -0.15) is 5.10 Å². The number of nitrogens with zero attached hydrogens (tertiary/aromatic N) is 4. The molecule has 7 nitrogen and oxygen atoms in total. The average molecular weight is 282 g/mol. The lowest BCUT2D eigenvalue weighted by Crippen LogP contribution is -2.32. The minimum atomic E-state index is -0.328. The van der Waals surface area contributed by atoms with Crippen LogP contribution < -0.4 is 4.90 Å². The molecule has 0 saturated carbocycles. The SMILES string of the molecule is CCn1nc(C)c([N+](=O)[O-])c1N1CCCC1CCCO. The van der Waals surface area contributed by atoms with Crippen LogP contribution in [-0.4, -0.2) is 39.0 Å². The lowest BCUT2D eigenvalue weighted by molar-refractivity contribution is -0.384. The second-order valence-corrected chi connectivity index (χ2v) is 5.19. The Hall–Kier alpha value is -1.63. The first-order valence-electron chi connectivity index (χ1n) is 7.19. The van der Waals surface area contributed by atoms with E-state index in [-0.39, 0.29) is 23.3 Å². The Kier molecular flexibility index (Phi) is 4.59. The molecule has 2 rings (SSSR count). The molecule has 1 saturated heterocycles. The average Bonchev–Trinajstić information content (AvgIpc) is 2.99. The Balaban J connectivity index is 2.37. The maximum absolute atomic E-state index is 11.3. The Morgan fingerprint density at radius 1 is 1.55 bits per heavy atom. The molecule has 0 spiro atoms. The molecule has 2 heterocycles. The van der Waals surface area contributed by atoms with Crippen LogP contribution >= 0.6 is 0 Å². The summed E-state index contributed by atoms with van der Waals surface area (Å²) in [6.45, 7) is 5.23. The van der Waals surface area contributed by atoms with Crippen LogP contribution in [0.3, 0.4) is 0 Å². The van der Waals surface area contributed by atoms with Crippen molar-refractivity contribution >= 4 is 11.5 Å². The third-order valence-corrected chi connectivity index (χ3v) is 3.90. The van der Waals surface area contributed by atoms with Crippen LogP contribution in [-0.2, 0) is 6.54 Å². The van der Waals surface area contributed by atoms with Gasteiger partial charge < -0.3 is 10.0 Å². The Morgan fingerprint density at radius 3 is 2.90 bits per heavy atom. The van der Waals surface area contributed by atoms with Crippen LogP contribution in [0, 0.1) is 17.0 Å². The van der Waals surface area contributed by atoms with Gasteiger partial charge in [-0.25, -0.2) is 4.68 Å². The number of aryl methyl sites for hydroxylation is 2. The van der Waals surface area contributed by atoms with Crippen molar-refractivity contribution in [2.45, 2.75) is 52.1 Å². The third kappa shape index (κ3) is 2.63. The first kappa shape index (κ1) is 14.8. The summed E-state index contributed by atoms with van der Waals surface area (Å²) in [6, 6.07) is 0.266. The van der Waals surface area contributed by atoms with Gasteiger partial charge in [0, 0.05) is 25.7 Å². The van der Waals surface area contributed by atoms with Crippen LogP contribution in [0.15, 0.2) is 0 Å². The van der Waals surface area contributed by atoms with Gasteiger partial charge in [0.1, 0.15) is 5.69 Å². The van der Waals surface area contributed by atoms with Gasteiger partial charge in [-0.15, -0.1) is 0 Å². The molecule has 0 amide bonds. The smallest absolute Gasteiger partial charge is 0.333 e. The number of anilines is 1. The summed E-state index contributed by atoms with van der Waals surface area (Å²) >= 11 is 0. The van der Waals surface area contributed by atoms with Crippen molar-refractivity contribution in [1.29, 1.82) is 0 Å². The number of rotatable bonds is 6. The van der Waals surface area contributed by atoms with E-state index in [0.29, 0.717) is 18.1 Å². The molecule has 1 aliphatic heterocycles. The molecule has 112 valence electrons. The topological polar surface area (TPSA) is 84.4 Å². The van der Waals surface area contributed by atoms with Gasteiger partial charge in [0.25, 0.3) is 0 Å². The molecule has 1 atom stereocenters. The number of aliphatic hydroxyl groups excluding tert-OH is 1. The van der Waals surface area contributed by atoms with E-state index in [9.17, 15) is 10.1 Å². The lowest BCUT2D eigenvalue weighted by atomic mass is 10.1. The van der Waals surface area contributed by atoms with E-state index in [1.54, 1.807) is 11.6 Å². The zero-order valence-corrected chi connectivity index (χ0v) is 12.1. The minimum Gasteiger partial charge on any atom is -0.396 e. The maximum atomic E-state index is 11.3. The van der Waals surface area contributed by atoms with Crippen molar-refractivity contribution in [3.8, 4) is 0 Å². The van der Waals surface area contributed by atoms with E-state index in [1.165, 1.54) is 0 Å². The highest BCUT2D eigenvalue weighted by Crippen LogP contribution is 2.37. The zero-order valence-electron chi connectivity index (χ0n) is 12.1. The minimum absolute atomic E-state index is 0.128. The van der Waals surface area contributed by atoms with E-state index in [1.807, 2.05) is 6.92 Å². The first-order chi connectivity index (χ1) is 9.60. The van der Waals surface area contributed by atoms with E-state index in [4.69, 9.17) is 5.11 Å². The van der Waals surface area contributed by atoms with Gasteiger partial charge in [0.2, 0.25) is 5.82 Å². The van der Waals surface area contributed by atoms with Crippen molar-refractivity contribution in [3.63, 3.8) is 0 Å². The third-order valence-electron chi connectivity index (χ3n) is 3.90. The molecule has 0 radical (unpaired) electrons. The van der Waals surface area contributed by atoms with E-state index < -0.39 is 0 Å². The monoisotopic (exact) mass is 282 g/mol. The Bertz CT molecular complexity index is 486. The molecule has 1 aliphatic rings. The van der Waals surface area contributed by atoms with Crippen LogP contribution in [0.25, 0.3) is 0 Å². The molecular formula is C13H22N4O3. The van der Waals surface area contributed by atoms with Crippen molar-refractivity contribution in [1.82, 2.24) is 9.78 Å². The van der Waals surface area contributed by atoms with Crippen molar-refractivity contribution in [3.05, 3.63) is 15.8 Å². The van der Waals surface area contributed by atoms with Crippen LogP contribution in [0.4, 0.5) is 11.5 Å². The van der Waals surface area contributed by atoms with Crippen LogP contribution in [0.5, 0.6) is 0 Å². The van der Waals surface area contributed by atoms with Gasteiger partial charge in [-0.05, 0) is 39.5 Å². The predicted molar refractivity (Wildman–Crippen MR) is 76.0 cm³/mol. The highest BCUT2D eigenvalue weighted by molar-refractivity contribution is 5.62. The van der Waals surface area contributed by atoms with Gasteiger partial charge in [0.05, 0.1) is 4.92 Å². The molecule has 1 N–H and O–H groups in total. The summed E-state index contributed by atoms with van der Waals surface area (Å²) in [5, 5.41) is 24.6. The zero-order chi connectivity index (χ0) is 14.7.